The van der Waals surface area contributed by atoms with Gasteiger partial charge in [-0.15, -0.1) is 0 Å². The molecule has 4 aromatic rings. The summed E-state index contributed by atoms with van der Waals surface area (Å²) in [6.07, 6.45) is 0.827. The Balaban J connectivity index is 1.32. The number of aromatic nitrogens is 2. The highest BCUT2D eigenvalue weighted by atomic mass is 32.2. The van der Waals surface area contributed by atoms with E-state index in [2.05, 4.69) is 10.1 Å². The third kappa shape index (κ3) is 5.03. The number of hydrogen-bond acceptors (Lipinski definition) is 6. The first-order valence-electron chi connectivity index (χ1n) is 12.3. The molecule has 3 aromatic carbocycles. The van der Waals surface area contributed by atoms with Gasteiger partial charge in [-0.25, -0.2) is 17.2 Å². The molecule has 0 amide bonds. The lowest BCUT2D eigenvalue weighted by Crippen LogP contribution is -2.17. The van der Waals surface area contributed by atoms with E-state index in [0.717, 1.165) is 11.1 Å². The van der Waals surface area contributed by atoms with Crippen LogP contribution in [0.3, 0.4) is 0 Å². The van der Waals surface area contributed by atoms with Gasteiger partial charge in [-0.05, 0) is 67.3 Å². The summed E-state index contributed by atoms with van der Waals surface area (Å²) in [5, 5.41) is 4.04. The summed E-state index contributed by atoms with van der Waals surface area (Å²) in [7, 11) is -3.33. The van der Waals surface area contributed by atoms with Crippen molar-refractivity contribution in [2.24, 2.45) is 0 Å². The summed E-state index contributed by atoms with van der Waals surface area (Å²) in [5.41, 5.74) is 1.54. The SMILES string of the molecule is CCS(=O)(=O)c1ccc(CC(=O)Cc2cc(F)c(C3(c4noc(-c5ccc(C)cc5)n4)CC3)c(F)c2)cc1. The van der Waals surface area contributed by atoms with Crippen molar-refractivity contribution in [2.75, 3.05) is 5.75 Å². The van der Waals surface area contributed by atoms with Crippen LogP contribution in [-0.2, 0) is 32.9 Å². The number of carbonyl (C=O) groups excluding carboxylic acids is 1. The van der Waals surface area contributed by atoms with Gasteiger partial charge in [0.25, 0.3) is 5.89 Å². The van der Waals surface area contributed by atoms with E-state index in [1.54, 1.807) is 19.1 Å². The Bertz CT molecular complexity index is 1580. The number of Topliss-reactive ketones (excluding diaryl/α,β-unsaturated/α-hetero) is 1. The van der Waals surface area contributed by atoms with Crippen LogP contribution >= 0.6 is 0 Å². The molecule has 0 saturated heterocycles. The third-order valence-corrected chi connectivity index (χ3v) is 8.70. The molecule has 0 unspecified atom stereocenters. The Labute approximate surface area is 219 Å². The maximum absolute atomic E-state index is 15.3. The van der Waals surface area contributed by atoms with Crippen LogP contribution in [0.1, 0.15) is 47.8 Å². The summed E-state index contributed by atoms with van der Waals surface area (Å²) >= 11 is 0. The number of nitrogens with zero attached hydrogens (tertiary/aromatic N) is 2. The third-order valence-electron chi connectivity index (χ3n) is 6.95. The number of aryl methyl sites for hydroxylation is 1. The van der Waals surface area contributed by atoms with Crippen LogP contribution in [0.15, 0.2) is 70.1 Å². The highest BCUT2D eigenvalue weighted by Gasteiger charge is 2.53. The molecule has 6 nitrogen and oxygen atoms in total. The second kappa shape index (κ2) is 9.87. The van der Waals surface area contributed by atoms with E-state index >= 15 is 8.78 Å². The minimum Gasteiger partial charge on any atom is -0.334 e. The van der Waals surface area contributed by atoms with Crippen LogP contribution in [-0.4, -0.2) is 30.1 Å². The van der Waals surface area contributed by atoms with Gasteiger partial charge in [0.05, 0.1) is 16.1 Å². The standard InChI is InChI=1S/C29H26F2N2O4S/c1-3-38(35,36)23-10-6-19(7-11-23)14-22(34)15-20-16-24(30)26(25(31)17-20)29(12-13-29)28-32-27(37-33-28)21-8-4-18(2)5-9-21/h4-11,16-17H,3,12-15H2,1-2H3. The lowest BCUT2D eigenvalue weighted by atomic mass is 9.91. The first kappa shape index (κ1) is 25.9. The summed E-state index contributed by atoms with van der Waals surface area (Å²) in [5.74, 6) is -1.23. The second-order valence-corrected chi connectivity index (χ2v) is 12.0. The van der Waals surface area contributed by atoms with E-state index in [1.807, 2.05) is 31.2 Å². The number of hydrogen-bond donors (Lipinski definition) is 0. The summed E-state index contributed by atoms with van der Waals surface area (Å²) < 4.78 is 59.9. The molecule has 38 heavy (non-hydrogen) atoms. The van der Waals surface area contributed by atoms with E-state index in [4.69, 9.17) is 4.52 Å². The minimum absolute atomic E-state index is 0.0136. The average molecular weight is 537 g/mol. The average Bonchev–Trinajstić information content (AvgIpc) is 3.51. The largest absolute Gasteiger partial charge is 0.334 e. The smallest absolute Gasteiger partial charge is 0.257 e. The van der Waals surface area contributed by atoms with Gasteiger partial charge in [-0.3, -0.25) is 4.79 Å². The molecule has 1 aliphatic rings. The molecule has 0 bridgehead atoms. The van der Waals surface area contributed by atoms with Crippen molar-refractivity contribution in [3.05, 3.63) is 100 Å². The van der Waals surface area contributed by atoms with Crippen LogP contribution in [0, 0.1) is 18.6 Å². The Kier molecular flexibility index (Phi) is 6.73. The Hall–Kier alpha value is -3.72. The number of sulfone groups is 1. The lowest BCUT2D eigenvalue weighted by molar-refractivity contribution is -0.117. The Morgan fingerprint density at radius 3 is 2.13 bits per heavy atom. The van der Waals surface area contributed by atoms with Gasteiger partial charge in [0.15, 0.2) is 15.7 Å². The predicted molar refractivity (Wildman–Crippen MR) is 137 cm³/mol. The maximum Gasteiger partial charge on any atom is 0.257 e. The topological polar surface area (TPSA) is 90.1 Å². The fraction of sp³-hybridized carbons (Fsp3) is 0.276. The molecular weight excluding hydrogens is 510 g/mol. The monoisotopic (exact) mass is 536 g/mol. The fourth-order valence-corrected chi connectivity index (χ4v) is 5.51. The van der Waals surface area contributed by atoms with Crippen molar-refractivity contribution in [2.45, 2.75) is 49.8 Å². The van der Waals surface area contributed by atoms with Crippen LogP contribution in [0.4, 0.5) is 8.78 Å². The van der Waals surface area contributed by atoms with Crippen molar-refractivity contribution in [3.8, 4) is 11.5 Å². The zero-order valence-electron chi connectivity index (χ0n) is 21.0. The van der Waals surface area contributed by atoms with Crippen LogP contribution in [0.5, 0.6) is 0 Å². The molecule has 0 spiro atoms. The molecule has 1 aromatic heterocycles. The predicted octanol–water partition coefficient (Wildman–Crippen LogP) is 5.55. The molecule has 0 radical (unpaired) electrons. The maximum atomic E-state index is 15.3. The highest BCUT2D eigenvalue weighted by molar-refractivity contribution is 7.91. The molecule has 1 aliphatic carbocycles. The Morgan fingerprint density at radius 2 is 1.55 bits per heavy atom. The van der Waals surface area contributed by atoms with E-state index in [1.165, 1.54) is 24.3 Å². The van der Waals surface area contributed by atoms with Crippen molar-refractivity contribution < 1.29 is 26.5 Å². The first-order valence-corrected chi connectivity index (χ1v) is 14.0. The number of carbonyl (C=O) groups is 1. The number of ketones is 1. The Morgan fingerprint density at radius 1 is 0.947 bits per heavy atom. The molecule has 0 aliphatic heterocycles. The van der Waals surface area contributed by atoms with Crippen molar-refractivity contribution in [1.29, 1.82) is 0 Å². The molecule has 9 heteroatoms. The molecular formula is C29H26F2N2O4S. The van der Waals surface area contributed by atoms with Gasteiger partial charge in [0, 0.05) is 24.0 Å². The van der Waals surface area contributed by atoms with Crippen LogP contribution in [0.2, 0.25) is 0 Å². The molecule has 196 valence electrons. The molecule has 1 fully saturated rings. The number of benzene rings is 3. The molecule has 5 rings (SSSR count). The quantitative estimate of drug-likeness (QED) is 0.279. The van der Waals surface area contributed by atoms with Crippen molar-refractivity contribution >= 4 is 15.6 Å². The van der Waals surface area contributed by atoms with Gasteiger partial charge in [-0.1, -0.05) is 41.9 Å². The summed E-state index contributed by atoms with van der Waals surface area (Å²) in [4.78, 5) is 17.3. The molecule has 0 atom stereocenters. The first-order chi connectivity index (χ1) is 18.1. The van der Waals surface area contributed by atoms with Gasteiger partial charge in [0.1, 0.15) is 17.4 Å². The van der Waals surface area contributed by atoms with Crippen LogP contribution < -0.4 is 0 Å². The highest BCUT2D eigenvalue weighted by Crippen LogP contribution is 2.54. The molecule has 1 saturated carbocycles. The van der Waals surface area contributed by atoms with Gasteiger partial charge in [0.2, 0.25) is 0 Å². The zero-order valence-corrected chi connectivity index (χ0v) is 21.8. The second-order valence-electron chi connectivity index (χ2n) is 9.75. The van der Waals surface area contributed by atoms with Gasteiger partial charge in [-0.2, -0.15) is 4.98 Å². The lowest BCUT2D eigenvalue weighted by Gasteiger charge is -2.15. The minimum atomic E-state index is -3.33. The van der Waals surface area contributed by atoms with Gasteiger partial charge >= 0.3 is 0 Å². The van der Waals surface area contributed by atoms with E-state index in [-0.39, 0.29) is 52.1 Å². The summed E-state index contributed by atoms with van der Waals surface area (Å²) in [6, 6.07) is 16.0. The van der Waals surface area contributed by atoms with Crippen molar-refractivity contribution in [1.82, 2.24) is 10.1 Å². The normalized spacial score (nSPS) is 14.4. The van der Waals surface area contributed by atoms with Crippen molar-refractivity contribution in [3.63, 3.8) is 0 Å². The fourth-order valence-electron chi connectivity index (χ4n) is 4.63. The van der Waals surface area contributed by atoms with Crippen LogP contribution in [0.25, 0.3) is 11.5 Å². The number of halogens is 2. The zero-order chi connectivity index (χ0) is 27.1. The number of rotatable bonds is 9. The molecule has 0 N–H and O–H groups in total. The van der Waals surface area contributed by atoms with E-state index < -0.39 is 26.9 Å². The van der Waals surface area contributed by atoms with E-state index in [0.29, 0.717) is 18.4 Å². The molecule has 1 heterocycles. The van der Waals surface area contributed by atoms with E-state index in [9.17, 15) is 13.2 Å². The van der Waals surface area contributed by atoms with Gasteiger partial charge < -0.3 is 4.52 Å². The summed E-state index contributed by atoms with van der Waals surface area (Å²) in [6.45, 7) is 3.52.